The van der Waals surface area contributed by atoms with Crippen molar-refractivity contribution < 1.29 is 5.11 Å². The van der Waals surface area contributed by atoms with Gasteiger partial charge in [0.15, 0.2) is 5.60 Å². The molecule has 74 valence electrons. The zero-order valence-electron chi connectivity index (χ0n) is 7.05. The lowest BCUT2D eigenvalue weighted by Gasteiger charge is -2.30. The molecule has 0 spiro atoms. The smallest absolute Gasteiger partial charge is 0.226 e. The van der Waals surface area contributed by atoms with Gasteiger partial charge in [0.1, 0.15) is 0 Å². The minimum Gasteiger partial charge on any atom is -0.376 e. The number of hydrogen-bond acceptors (Lipinski definition) is 1. The molecule has 1 aliphatic carbocycles. The van der Waals surface area contributed by atoms with Gasteiger partial charge in [-0.3, -0.25) is 0 Å². The van der Waals surface area contributed by atoms with E-state index in [1.807, 2.05) is 12.1 Å². The molecule has 1 aromatic rings. The molecule has 14 heavy (non-hydrogen) atoms. The van der Waals surface area contributed by atoms with Crippen molar-refractivity contribution in [1.29, 1.82) is 0 Å². The van der Waals surface area contributed by atoms with Crippen LogP contribution in [0.2, 0.25) is 0 Å². The van der Waals surface area contributed by atoms with Gasteiger partial charge in [-0.25, -0.2) is 0 Å². The summed E-state index contributed by atoms with van der Waals surface area (Å²) in [6.07, 6.45) is 3.25. The summed E-state index contributed by atoms with van der Waals surface area (Å²) in [6.45, 7) is 0. The third-order valence-electron chi connectivity index (χ3n) is 2.31. The summed E-state index contributed by atoms with van der Waals surface area (Å²) in [6, 6.07) is 7.28. The van der Waals surface area contributed by atoms with Crippen molar-refractivity contribution in [3.8, 4) is 0 Å². The summed E-state index contributed by atoms with van der Waals surface area (Å²) in [5, 5.41) is 10.2. The first kappa shape index (κ1) is 10.3. The fourth-order valence-electron chi connectivity index (χ4n) is 1.54. The van der Waals surface area contributed by atoms with E-state index in [1.54, 1.807) is 18.2 Å². The van der Waals surface area contributed by atoms with Crippen molar-refractivity contribution in [2.24, 2.45) is 0 Å². The van der Waals surface area contributed by atoms with Crippen molar-refractivity contribution in [3.05, 3.63) is 41.5 Å². The summed E-state index contributed by atoms with van der Waals surface area (Å²) in [4.78, 5) is 0. The van der Waals surface area contributed by atoms with Gasteiger partial charge >= 0.3 is 0 Å². The Hall–Kier alpha value is -0.210. The van der Waals surface area contributed by atoms with Crippen LogP contribution in [0.15, 0.2) is 30.3 Å². The largest absolute Gasteiger partial charge is 0.376 e. The van der Waals surface area contributed by atoms with Gasteiger partial charge in [0, 0.05) is 0 Å². The molecule has 0 fully saturated rings. The van der Waals surface area contributed by atoms with Crippen LogP contribution in [-0.4, -0.2) is 8.90 Å². The predicted molar refractivity (Wildman–Crippen MR) is 59.7 cm³/mol. The van der Waals surface area contributed by atoms with Crippen LogP contribution in [0.5, 0.6) is 0 Å². The molecule has 1 N–H and O–H groups in total. The molecular weight excluding hydrogens is 242 g/mol. The highest BCUT2D eigenvalue weighted by Gasteiger charge is 2.49. The first-order valence-corrected chi connectivity index (χ1v) is 5.16. The number of hydrogen-bond donors (Lipinski definition) is 1. The third-order valence-corrected chi connectivity index (χ3v) is 3.17. The molecule has 0 saturated heterocycles. The molecular formula is C10H7Cl3O. The number of fused-ring (bicyclic) bond motifs is 1. The van der Waals surface area contributed by atoms with Crippen LogP contribution in [0.1, 0.15) is 11.1 Å². The van der Waals surface area contributed by atoms with E-state index in [9.17, 15) is 5.11 Å². The van der Waals surface area contributed by atoms with Crippen LogP contribution < -0.4 is 0 Å². The monoisotopic (exact) mass is 248 g/mol. The van der Waals surface area contributed by atoms with Crippen LogP contribution >= 0.6 is 34.8 Å². The molecule has 0 heterocycles. The molecule has 1 aromatic carbocycles. The van der Waals surface area contributed by atoms with Crippen LogP contribution in [0.4, 0.5) is 0 Å². The first-order chi connectivity index (χ1) is 6.45. The van der Waals surface area contributed by atoms with Crippen molar-refractivity contribution in [1.82, 2.24) is 0 Å². The Morgan fingerprint density at radius 2 is 1.79 bits per heavy atom. The molecule has 1 atom stereocenters. The number of aliphatic hydroxyl groups is 1. The minimum atomic E-state index is -1.75. The lowest BCUT2D eigenvalue weighted by molar-refractivity contribution is 0.0973. The maximum absolute atomic E-state index is 10.2. The van der Waals surface area contributed by atoms with E-state index < -0.39 is 9.39 Å². The molecule has 1 aliphatic rings. The molecule has 0 saturated carbocycles. The van der Waals surface area contributed by atoms with E-state index >= 15 is 0 Å². The number of benzene rings is 1. The molecule has 0 aromatic heterocycles. The lowest BCUT2D eigenvalue weighted by Crippen LogP contribution is -2.36. The van der Waals surface area contributed by atoms with Crippen molar-refractivity contribution >= 4 is 40.9 Å². The molecule has 0 bridgehead atoms. The highest BCUT2D eigenvalue weighted by Crippen LogP contribution is 2.49. The Balaban J connectivity index is 2.59. The molecule has 4 heteroatoms. The number of alkyl halides is 3. The molecule has 1 unspecified atom stereocenters. The summed E-state index contributed by atoms with van der Waals surface area (Å²) in [5.74, 6) is 0. The standard InChI is InChI=1S/C10H7Cl3O/c11-10(12,13)9(14)6-5-7-3-1-2-4-8(7)9/h1-6,14H. The average Bonchev–Trinajstić information content (AvgIpc) is 2.45. The van der Waals surface area contributed by atoms with Gasteiger partial charge in [0.05, 0.1) is 0 Å². The Labute approximate surface area is 96.9 Å². The van der Waals surface area contributed by atoms with Gasteiger partial charge in [-0.1, -0.05) is 65.1 Å². The first-order valence-electron chi connectivity index (χ1n) is 4.03. The van der Waals surface area contributed by atoms with Gasteiger partial charge < -0.3 is 5.11 Å². The lowest BCUT2D eigenvalue weighted by atomic mass is 9.98. The highest BCUT2D eigenvalue weighted by molar-refractivity contribution is 6.68. The van der Waals surface area contributed by atoms with Gasteiger partial charge in [0.25, 0.3) is 0 Å². The minimum absolute atomic E-state index is 0.625. The summed E-state index contributed by atoms with van der Waals surface area (Å²) >= 11 is 17.2. The zero-order chi connectivity index (χ0) is 10.4. The van der Waals surface area contributed by atoms with Crippen LogP contribution in [0.25, 0.3) is 6.08 Å². The predicted octanol–water partition coefficient (Wildman–Crippen LogP) is 3.27. The number of rotatable bonds is 0. The topological polar surface area (TPSA) is 20.2 Å². The second kappa shape index (κ2) is 3.14. The zero-order valence-corrected chi connectivity index (χ0v) is 9.31. The van der Waals surface area contributed by atoms with E-state index in [-0.39, 0.29) is 0 Å². The van der Waals surface area contributed by atoms with E-state index in [1.165, 1.54) is 6.08 Å². The van der Waals surface area contributed by atoms with E-state index in [2.05, 4.69) is 0 Å². The summed E-state index contributed by atoms with van der Waals surface area (Å²) in [5.41, 5.74) is -0.0184. The van der Waals surface area contributed by atoms with E-state index in [0.29, 0.717) is 5.56 Å². The highest BCUT2D eigenvalue weighted by atomic mass is 35.6. The maximum atomic E-state index is 10.2. The third kappa shape index (κ3) is 1.36. The van der Waals surface area contributed by atoms with Gasteiger partial charge in [-0.05, 0) is 17.2 Å². The second-order valence-corrected chi connectivity index (χ2v) is 5.47. The van der Waals surface area contributed by atoms with Crippen LogP contribution in [-0.2, 0) is 5.60 Å². The van der Waals surface area contributed by atoms with Crippen molar-refractivity contribution in [2.75, 3.05) is 0 Å². The fraction of sp³-hybridized carbons (Fsp3) is 0.200. The van der Waals surface area contributed by atoms with E-state index in [4.69, 9.17) is 34.8 Å². The molecule has 0 radical (unpaired) electrons. The van der Waals surface area contributed by atoms with Gasteiger partial charge in [-0.2, -0.15) is 0 Å². The number of halogens is 3. The molecule has 1 nitrogen and oxygen atoms in total. The van der Waals surface area contributed by atoms with Gasteiger partial charge in [0.2, 0.25) is 3.79 Å². The summed E-state index contributed by atoms with van der Waals surface area (Å²) < 4.78 is -1.75. The van der Waals surface area contributed by atoms with Crippen molar-refractivity contribution in [3.63, 3.8) is 0 Å². The molecule has 0 amide bonds. The summed E-state index contributed by atoms with van der Waals surface area (Å²) in [7, 11) is 0. The maximum Gasteiger partial charge on any atom is 0.226 e. The fourth-order valence-corrected chi connectivity index (χ4v) is 2.03. The second-order valence-electron chi connectivity index (χ2n) is 3.18. The average molecular weight is 250 g/mol. The normalized spacial score (nSPS) is 25.1. The Bertz CT molecular complexity index is 395. The Morgan fingerprint density at radius 3 is 2.43 bits per heavy atom. The Morgan fingerprint density at radius 1 is 1.14 bits per heavy atom. The SMILES string of the molecule is OC1(C(Cl)(Cl)Cl)C=Cc2ccccc21. The quantitative estimate of drug-likeness (QED) is 0.700. The van der Waals surface area contributed by atoms with Gasteiger partial charge in [-0.15, -0.1) is 0 Å². The van der Waals surface area contributed by atoms with E-state index in [0.717, 1.165) is 5.56 Å². The molecule has 0 aliphatic heterocycles. The molecule has 2 rings (SSSR count). The van der Waals surface area contributed by atoms with Crippen LogP contribution in [0, 0.1) is 0 Å². The van der Waals surface area contributed by atoms with Crippen molar-refractivity contribution in [2.45, 2.75) is 9.39 Å². The van der Waals surface area contributed by atoms with Crippen LogP contribution in [0.3, 0.4) is 0 Å². The Kier molecular flexibility index (Phi) is 2.31.